The van der Waals surface area contributed by atoms with Crippen molar-refractivity contribution >= 4 is 60.8 Å². The molecule has 0 aliphatic heterocycles. The largest absolute Gasteiger partial charge is 0.455 e. The van der Waals surface area contributed by atoms with Crippen molar-refractivity contribution < 1.29 is 4.42 Å². The summed E-state index contributed by atoms with van der Waals surface area (Å²) in [5.41, 5.74) is 15.2. The van der Waals surface area contributed by atoms with Crippen LogP contribution in [0.5, 0.6) is 0 Å². The van der Waals surface area contributed by atoms with Crippen LogP contribution in [0.4, 0.5) is 17.1 Å². The number of rotatable bonds is 7. The van der Waals surface area contributed by atoms with Crippen molar-refractivity contribution in [1.82, 2.24) is 4.57 Å². The summed E-state index contributed by atoms with van der Waals surface area (Å²) in [5.74, 6) is 0. The number of nitrogens with zero attached hydrogens (tertiary/aromatic N) is 2. The fourth-order valence-corrected chi connectivity index (χ4v) is 8.64. The van der Waals surface area contributed by atoms with E-state index in [4.69, 9.17) is 4.42 Å². The van der Waals surface area contributed by atoms with Crippen LogP contribution in [0.2, 0.25) is 0 Å². The number of para-hydroxylation sites is 5. The highest BCUT2D eigenvalue weighted by atomic mass is 16.3. The Kier molecular flexibility index (Phi) is 7.82. The van der Waals surface area contributed by atoms with Crippen LogP contribution in [0.15, 0.2) is 223 Å². The SMILES string of the molecule is c1ccc(-c2ccc(N(c3ccccc3)c3cc(-c4ccccc4-n4c5ccccc5c5ccccc54)c4oc5ccccc5c4c3)cc2-c2ccccc2)cc1. The Bertz CT molecular complexity index is 3180. The summed E-state index contributed by atoms with van der Waals surface area (Å²) in [5, 5.41) is 4.62. The van der Waals surface area contributed by atoms with E-state index in [2.05, 4.69) is 222 Å². The molecule has 0 amide bonds. The van der Waals surface area contributed by atoms with Crippen LogP contribution >= 0.6 is 0 Å². The molecule has 0 aliphatic carbocycles. The van der Waals surface area contributed by atoms with E-state index in [0.717, 1.165) is 55.8 Å². The molecule has 0 bridgehead atoms. The molecular weight excluding hydrogens is 693 g/mol. The van der Waals surface area contributed by atoms with Crippen molar-refractivity contribution in [3.63, 3.8) is 0 Å². The summed E-state index contributed by atoms with van der Waals surface area (Å²) >= 11 is 0. The number of aromatic nitrogens is 1. The number of hydrogen-bond acceptors (Lipinski definition) is 2. The fraction of sp³-hybridized carbons (Fsp3) is 0. The molecule has 0 saturated carbocycles. The number of hydrogen-bond donors (Lipinski definition) is 0. The maximum Gasteiger partial charge on any atom is 0.143 e. The number of anilines is 3. The first-order chi connectivity index (χ1) is 28.3. The van der Waals surface area contributed by atoms with Crippen LogP contribution in [0.1, 0.15) is 0 Å². The minimum atomic E-state index is 0.866. The Labute approximate surface area is 330 Å². The van der Waals surface area contributed by atoms with E-state index < -0.39 is 0 Å². The first-order valence-electron chi connectivity index (χ1n) is 19.4. The van der Waals surface area contributed by atoms with Gasteiger partial charge < -0.3 is 13.9 Å². The minimum Gasteiger partial charge on any atom is -0.455 e. The Balaban J connectivity index is 1.20. The molecule has 0 fully saturated rings. The van der Waals surface area contributed by atoms with Gasteiger partial charge >= 0.3 is 0 Å². The molecule has 3 nitrogen and oxygen atoms in total. The van der Waals surface area contributed by atoms with Gasteiger partial charge in [0.2, 0.25) is 0 Å². The molecule has 3 heteroatoms. The quantitative estimate of drug-likeness (QED) is 0.163. The molecule has 0 radical (unpaired) electrons. The lowest BCUT2D eigenvalue weighted by Crippen LogP contribution is -2.10. The van der Waals surface area contributed by atoms with Crippen molar-refractivity contribution in [2.45, 2.75) is 0 Å². The minimum absolute atomic E-state index is 0.866. The lowest BCUT2D eigenvalue weighted by Gasteiger charge is -2.27. The second-order valence-electron chi connectivity index (χ2n) is 14.5. The Morgan fingerprint density at radius 2 is 0.877 bits per heavy atom. The topological polar surface area (TPSA) is 21.3 Å². The molecule has 57 heavy (non-hydrogen) atoms. The fourth-order valence-electron chi connectivity index (χ4n) is 8.64. The summed E-state index contributed by atoms with van der Waals surface area (Å²) in [6.45, 7) is 0. The van der Waals surface area contributed by atoms with E-state index in [1.807, 2.05) is 6.07 Å². The molecular formula is C54H36N2O. The molecule has 9 aromatic carbocycles. The lowest BCUT2D eigenvalue weighted by atomic mass is 9.93. The zero-order valence-electron chi connectivity index (χ0n) is 31.1. The second kappa shape index (κ2) is 13.6. The smallest absolute Gasteiger partial charge is 0.143 e. The molecule has 0 N–H and O–H groups in total. The highest BCUT2D eigenvalue weighted by molar-refractivity contribution is 6.14. The lowest BCUT2D eigenvalue weighted by molar-refractivity contribution is 0.670. The molecule has 268 valence electrons. The van der Waals surface area contributed by atoms with Crippen molar-refractivity contribution in [3.8, 4) is 39.1 Å². The van der Waals surface area contributed by atoms with Gasteiger partial charge in [-0.1, -0.05) is 158 Å². The van der Waals surface area contributed by atoms with Crippen LogP contribution in [-0.2, 0) is 0 Å². The summed E-state index contributed by atoms with van der Waals surface area (Å²) in [4.78, 5) is 2.38. The third kappa shape index (κ3) is 5.51. The van der Waals surface area contributed by atoms with Gasteiger partial charge in [-0.15, -0.1) is 0 Å². The van der Waals surface area contributed by atoms with Crippen molar-refractivity contribution in [2.75, 3.05) is 4.90 Å². The number of fused-ring (bicyclic) bond motifs is 6. The number of benzene rings is 9. The van der Waals surface area contributed by atoms with Crippen molar-refractivity contribution in [1.29, 1.82) is 0 Å². The van der Waals surface area contributed by atoms with Gasteiger partial charge in [-0.3, -0.25) is 0 Å². The van der Waals surface area contributed by atoms with Crippen LogP contribution in [0.25, 0.3) is 82.8 Å². The third-order valence-corrected chi connectivity index (χ3v) is 11.2. The number of furan rings is 1. The zero-order valence-corrected chi connectivity index (χ0v) is 31.1. The normalized spacial score (nSPS) is 11.5. The second-order valence-corrected chi connectivity index (χ2v) is 14.5. The Hall–Kier alpha value is -7.62. The molecule has 0 spiro atoms. The van der Waals surface area contributed by atoms with Gasteiger partial charge in [0.15, 0.2) is 0 Å². The molecule has 2 aromatic heterocycles. The van der Waals surface area contributed by atoms with Crippen molar-refractivity contribution in [3.05, 3.63) is 218 Å². The maximum atomic E-state index is 6.85. The Morgan fingerprint density at radius 1 is 0.333 bits per heavy atom. The van der Waals surface area contributed by atoms with Gasteiger partial charge in [0.25, 0.3) is 0 Å². The summed E-state index contributed by atoms with van der Waals surface area (Å²) < 4.78 is 9.25. The van der Waals surface area contributed by atoms with E-state index >= 15 is 0 Å². The zero-order chi connectivity index (χ0) is 37.7. The van der Waals surface area contributed by atoms with Gasteiger partial charge in [0.05, 0.1) is 16.7 Å². The molecule has 0 saturated heterocycles. The summed E-state index contributed by atoms with van der Waals surface area (Å²) in [7, 11) is 0. The first kappa shape index (κ1) is 32.8. The highest BCUT2D eigenvalue weighted by Gasteiger charge is 2.23. The average molecular weight is 729 g/mol. The van der Waals surface area contributed by atoms with Crippen LogP contribution in [0, 0.1) is 0 Å². The predicted octanol–water partition coefficient (Wildman–Crippen LogP) is 15.2. The molecule has 0 unspecified atom stereocenters. The van der Waals surface area contributed by atoms with Gasteiger partial charge in [-0.25, -0.2) is 0 Å². The monoisotopic (exact) mass is 728 g/mol. The Morgan fingerprint density at radius 3 is 1.58 bits per heavy atom. The average Bonchev–Trinajstić information content (AvgIpc) is 3.83. The predicted molar refractivity (Wildman–Crippen MR) is 239 cm³/mol. The molecule has 11 rings (SSSR count). The van der Waals surface area contributed by atoms with Crippen molar-refractivity contribution in [2.24, 2.45) is 0 Å². The first-order valence-corrected chi connectivity index (χ1v) is 19.4. The van der Waals surface area contributed by atoms with Gasteiger partial charge in [-0.2, -0.15) is 0 Å². The van der Waals surface area contributed by atoms with Crippen LogP contribution < -0.4 is 4.90 Å². The van der Waals surface area contributed by atoms with E-state index in [1.54, 1.807) is 0 Å². The van der Waals surface area contributed by atoms with E-state index in [0.29, 0.717) is 0 Å². The molecule has 11 aromatic rings. The standard InChI is InChI=1S/C54H36N2O/c1-4-18-37(19-5-1)42-33-32-40(34-47(42)38-20-6-2-7-21-38)55(39-22-8-3-9-23-39)41-35-48(54-49(36-41)46-27-13-17-31-53(46)57-54)45-26-12-16-30-52(45)56-50-28-14-10-24-43(50)44-25-11-15-29-51(44)56/h1-36H. The third-order valence-electron chi connectivity index (χ3n) is 11.2. The van der Waals surface area contributed by atoms with Crippen LogP contribution in [0.3, 0.4) is 0 Å². The summed E-state index contributed by atoms with van der Waals surface area (Å²) in [6, 6.07) is 78.1. The summed E-state index contributed by atoms with van der Waals surface area (Å²) in [6.07, 6.45) is 0. The van der Waals surface area contributed by atoms with Gasteiger partial charge in [0, 0.05) is 49.7 Å². The van der Waals surface area contributed by atoms with Gasteiger partial charge in [-0.05, 0) is 82.9 Å². The van der Waals surface area contributed by atoms with E-state index in [-0.39, 0.29) is 0 Å². The van der Waals surface area contributed by atoms with E-state index in [9.17, 15) is 0 Å². The van der Waals surface area contributed by atoms with Gasteiger partial charge in [0.1, 0.15) is 11.2 Å². The molecule has 0 aliphatic rings. The maximum absolute atomic E-state index is 6.85. The molecule has 0 atom stereocenters. The highest BCUT2D eigenvalue weighted by Crippen LogP contribution is 2.47. The van der Waals surface area contributed by atoms with Crippen LogP contribution in [-0.4, -0.2) is 4.57 Å². The molecule has 2 heterocycles. The van der Waals surface area contributed by atoms with E-state index in [1.165, 1.54) is 44.1 Å².